The second kappa shape index (κ2) is 13.5. The summed E-state index contributed by atoms with van der Waals surface area (Å²) in [7, 11) is 3.89. The van der Waals surface area contributed by atoms with Gasteiger partial charge in [-0.3, -0.25) is 4.79 Å². The highest BCUT2D eigenvalue weighted by Gasteiger charge is 2.37. The first-order chi connectivity index (χ1) is 18.7. The Kier molecular flexibility index (Phi) is 10.4. The van der Waals surface area contributed by atoms with Gasteiger partial charge in [0.05, 0.1) is 6.07 Å². The van der Waals surface area contributed by atoms with Gasteiger partial charge in [0.2, 0.25) is 5.95 Å². The molecule has 212 valence electrons. The molecule has 1 amide bonds. The molecule has 13 heteroatoms. The highest BCUT2D eigenvalue weighted by molar-refractivity contribution is 5.94. The summed E-state index contributed by atoms with van der Waals surface area (Å²) >= 11 is 0. The van der Waals surface area contributed by atoms with E-state index in [1.54, 1.807) is 29.2 Å². The predicted molar refractivity (Wildman–Crippen MR) is 140 cm³/mol. The lowest BCUT2D eigenvalue weighted by molar-refractivity contribution is -0.137. The minimum atomic E-state index is -4.62. The molecule has 2 aromatic rings. The standard InChI is InChI=1S/C26H32F3N7O.H3NO/c1-35-14-11-20(12-15-35)36(2)24(37)18-6-8-19(9-7-18)32-25-31-16-21(26(27,28)29)23(34-25)33-22-5-3-4-17(22)10-13-30;1-2/h6-9,16-17,20,22H,3-5,10-12,14-15H2,1-2H3,(H2,31,32,33,34);2H,1H2/t17-,22?;/m1./s1. The molecule has 2 atom stereocenters. The van der Waals surface area contributed by atoms with Crippen LogP contribution in [0.25, 0.3) is 0 Å². The number of nitrogens with two attached hydrogens (primary N) is 1. The molecule has 1 aliphatic carbocycles. The smallest absolute Gasteiger partial charge is 0.366 e. The number of halogens is 3. The van der Waals surface area contributed by atoms with Crippen LogP contribution in [0.1, 0.15) is 54.4 Å². The molecule has 1 aliphatic heterocycles. The van der Waals surface area contributed by atoms with Crippen molar-refractivity contribution in [1.82, 2.24) is 19.8 Å². The van der Waals surface area contributed by atoms with Crippen LogP contribution in [0, 0.1) is 17.2 Å². The van der Waals surface area contributed by atoms with Gasteiger partial charge in [0, 0.05) is 43.0 Å². The Balaban J connectivity index is 0.00000205. The molecule has 0 spiro atoms. The van der Waals surface area contributed by atoms with Crippen LogP contribution in [0.15, 0.2) is 30.5 Å². The average Bonchev–Trinajstić information content (AvgIpc) is 3.36. The highest BCUT2D eigenvalue weighted by Crippen LogP contribution is 2.37. The van der Waals surface area contributed by atoms with Crippen molar-refractivity contribution in [2.45, 2.75) is 56.8 Å². The van der Waals surface area contributed by atoms with Gasteiger partial charge in [-0.25, -0.2) is 10.9 Å². The van der Waals surface area contributed by atoms with E-state index in [4.69, 9.17) is 10.5 Å². The van der Waals surface area contributed by atoms with Crippen molar-refractivity contribution in [3.8, 4) is 6.07 Å². The highest BCUT2D eigenvalue weighted by atomic mass is 19.4. The van der Waals surface area contributed by atoms with Gasteiger partial charge in [-0.1, -0.05) is 6.42 Å². The zero-order chi connectivity index (χ0) is 28.6. The molecule has 5 N–H and O–H groups in total. The van der Waals surface area contributed by atoms with E-state index < -0.39 is 11.7 Å². The molecule has 1 unspecified atom stereocenters. The number of carbonyl (C=O) groups is 1. The van der Waals surface area contributed by atoms with Gasteiger partial charge >= 0.3 is 6.18 Å². The fourth-order valence-corrected chi connectivity index (χ4v) is 5.10. The number of benzene rings is 1. The molecule has 2 aliphatic rings. The molecule has 0 bridgehead atoms. The van der Waals surface area contributed by atoms with Crippen molar-refractivity contribution >= 4 is 23.4 Å². The normalized spacial score (nSPS) is 19.9. The number of nitrogens with one attached hydrogen (secondary N) is 2. The molecular formula is C26H35F3N8O2. The lowest BCUT2D eigenvalue weighted by Gasteiger charge is -2.35. The Hall–Kier alpha value is -3.47. The molecule has 39 heavy (non-hydrogen) atoms. The van der Waals surface area contributed by atoms with E-state index in [1.165, 1.54) is 0 Å². The minimum absolute atomic E-state index is 0.00727. The molecule has 1 saturated carbocycles. The Morgan fingerprint density at radius 2 is 1.87 bits per heavy atom. The van der Waals surface area contributed by atoms with E-state index in [1.807, 2.05) is 7.05 Å². The Morgan fingerprint density at radius 1 is 1.21 bits per heavy atom. The molecule has 2 heterocycles. The number of alkyl halides is 3. The number of rotatable bonds is 7. The van der Waals surface area contributed by atoms with Gasteiger partial charge in [0.15, 0.2) is 0 Å². The first-order valence-electron chi connectivity index (χ1n) is 12.8. The van der Waals surface area contributed by atoms with E-state index >= 15 is 0 Å². The number of anilines is 3. The Morgan fingerprint density at radius 3 is 2.49 bits per heavy atom. The van der Waals surface area contributed by atoms with E-state index in [2.05, 4.69) is 44.5 Å². The molecule has 4 rings (SSSR count). The number of aromatic nitrogens is 2. The number of amides is 1. The van der Waals surface area contributed by atoms with Gasteiger partial charge in [-0.05, 0) is 76.0 Å². The maximum absolute atomic E-state index is 13.6. The topological polar surface area (TPSA) is 143 Å². The van der Waals surface area contributed by atoms with Crippen molar-refractivity contribution < 1.29 is 23.2 Å². The summed E-state index contributed by atoms with van der Waals surface area (Å²) in [5, 5.41) is 21.4. The first kappa shape index (κ1) is 30.1. The van der Waals surface area contributed by atoms with Gasteiger partial charge in [-0.2, -0.15) is 23.4 Å². The lowest BCUT2D eigenvalue weighted by Crippen LogP contribution is -2.44. The molecule has 1 aromatic heterocycles. The molecule has 10 nitrogen and oxygen atoms in total. The number of hydrogen-bond acceptors (Lipinski definition) is 9. The summed E-state index contributed by atoms with van der Waals surface area (Å²) in [6, 6.07) is 8.80. The van der Waals surface area contributed by atoms with Crippen molar-refractivity contribution in [1.29, 1.82) is 5.26 Å². The quantitative estimate of drug-likeness (QED) is 0.374. The number of hydrogen-bond donors (Lipinski definition) is 4. The summed E-state index contributed by atoms with van der Waals surface area (Å²) in [6.45, 7) is 1.91. The average molecular weight is 549 g/mol. The monoisotopic (exact) mass is 548 g/mol. The van der Waals surface area contributed by atoms with Crippen LogP contribution in [-0.4, -0.2) is 70.2 Å². The van der Waals surface area contributed by atoms with Crippen LogP contribution >= 0.6 is 0 Å². The van der Waals surface area contributed by atoms with Gasteiger partial charge in [0.1, 0.15) is 11.4 Å². The fraction of sp³-hybridized carbons (Fsp3) is 0.538. The van der Waals surface area contributed by atoms with E-state index in [0.29, 0.717) is 17.7 Å². The second-order valence-electron chi connectivity index (χ2n) is 9.91. The third-order valence-electron chi connectivity index (χ3n) is 7.37. The maximum atomic E-state index is 13.6. The van der Waals surface area contributed by atoms with Gasteiger partial charge < -0.3 is 25.6 Å². The van der Waals surface area contributed by atoms with Crippen LogP contribution in [0.3, 0.4) is 0 Å². The zero-order valence-electron chi connectivity index (χ0n) is 22.1. The van der Waals surface area contributed by atoms with E-state index in [-0.39, 0.29) is 42.1 Å². The summed E-state index contributed by atoms with van der Waals surface area (Å²) in [6.07, 6.45) is 0.605. The third kappa shape index (κ3) is 7.78. The second-order valence-corrected chi connectivity index (χ2v) is 9.91. The van der Waals surface area contributed by atoms with Crippen LogP contribution in [0.4, 0.5) is 30.6 Å². The van der Waals surface area contributed by atoms with E-state index in [9.17, 15) is 18.0 Å². The SMILES string of the molecule is CN1CCC(N(C)C(=O)c2ccc(Nc3ncc(C(F)(F)F)c(NC4CCC[C@@H]4CC#N)n3)cc2)CC1.NO. The van der Waals surface area contributed by atoms with Gasteiger partial charge in [0.25, 0.3) is 5.91 Å². The van der Waals surface area contributed by atoms with Gasteiger partial charge in [-0.15, -0.1) is 0 Å². The van der Waals surface area contributed by atoms with Crippen molar-refractivity contribution in [3.05, 3.63) is 41.6 Å². The van der Waals surface area contributed by atoms with E-state index in [0.717, 1.165) is 45.0 Å². The summed E-state index contributed by atoms with van der Waals surface area (Å²) in [5.41, 5.74) is 0.137. The summed E-state index contributed by atoms with van der Waals surface area (Å²) in [4.78, 5) is 25.0. The molecule has 2 fully saturated rings. The molecular weight excluding hydrogens is 513 g/mol. The largest absolute Gasteiger partial charge is 0.421 e. The molecule has 1 saturated heterocycles. The summed E-state index contributed by atoms with van der Waals surface area (Å²) < 4.78 is 40.9. The molecule has 1 aromatic carbocycles. The van der Waals surface area contributed by atoms with Crippen molar-refractivity contribution in [3.63, 3.8) is 0 Å². The number of likely N-dealkylation sites (tertiary alicyclic amines) is 1. The Labute approximate surface area is 226 Å². The van der Waals surface area contributed by atoms with Crippen LogP contribution in [0.2, 0.25) is 0 Å². The van der Waals surface area contributed by atoms with Crippen molar-refractivity contribution in [2.24, 2.45) is 11.8 Å². The first-order valence-corrected chi connectivity index (χ1v) is 12.8. The fourth-order valence-electron chi connectivity index (χ4n) is 5.10. The Bertz CT molecular complexity index is 1130. The molecule has 0 radical (unpaired) electrons. The van der Waals surface area contributed by atoms with Crippen LogP contribution in [0.5, 0.6) is 0 Å². The maximum Gasteiger partial charge on any atom is 0.421 e. The number of piperidine rings is 1. The third-order valence-corrected chi connectivity index (χ3v) is 7.37. The number of carbonyl (C=O) groups excluding carboxylic acids is 1. The lowest BCUT2D eigenvalue weighted by atomic mass is 10.0. The number of nitriles is 1. The van der Waals surface area contributed by atoms with Crippen LogP contribution in [-0.2, 0) is 6.18 Å². The zero-order valence-corrected chi connectivity index (χ0v) is 22.1. The van der Waals surface area contributed by atoms with Crippen LogP contribution < -0.4 is 16.5 Å². The minimum Gasteiger partial charge on any atom is -0.366 e. The summed E-state index contributed by atoms with van der Waals surface area (Å²) in [5.74, 6) is 3.12. The number of nitrogens with zero attached hydrogens (tertiary/aromatic N) is 5. The predicted octanol–water partition coefficient (Wildman–Crippen LogP) is 4.23. The van der Waals surface area contributed by atoms with Crippen molar-refractivity contribution in [2.75, 3.05) is 37.8 Å².